The molecule has 2 aliphatic heterocycles. The SMILES string of the molecule is CN1c2cc(CC3CCC(=O)CC3)ccc2N(C2CCC(=O)NC2=O)C1O. The topological polar surface area (TPSA) is 90.0 Å². The number of imide groups is 1. The summed E-state index contributed by atoms with van der Waals surface area (Å²) in [6.45, 7) is 0. The number of benzene rings is 1. The minimum atomic E-state index is -0.938. The highest BCUT2D eigenvalue weighted by Gasteiger charge is 2.42. The molecule has 1 aromatic carbocycles. The van der Waals surface area contributed by atoms with E-state index in [1.807, 2.05) is 12.1 Å². The van der Waals surface area contributed by atoms with Crippen LogP contribution in [0.25, 0.3) is 0 Å². The zero-order valence-electron chi connectivity index (χ0n) is 15.5. The van der Waals surface area contributed by atoms with Crippen LogP contribution < -0.4 is 15.1 Å². The van der Waals surface area contributed by atoms with E-state index in [2.05, 4.69) is 11.4 Å². The van der Waals surface area contributed by atoms with Crippen LogP contribution in [-0.2, 0) is 20.8 Å². The Bertz CT molecular complexity index is 783. The Kier molecular flexibility index (Phi) is 4.63. The maximum atomic E-state index is 12.3. The number of aliphatic hydroxyl groups excluding tert-OH is 1. The summed E-state index contributed by atoms with van der Waals surface area (Å²) in [6.07, 6.45) is 3.89. The summed E-state index contributed by atoms with van der Waals surface area (Å²) in [5.41, 5.74) is 2.87. The Hall–Kier alpha value is -2.41. The van der Waals surface area contributed by atoms with Crippen LogP contribution in [0.1, 0.15) is 44.1 Å². The number of aliphatic hydroxyl groups is 1. The molecule has 0 aromatic heterocycles. The molecule has 0 bridgehead atoms. The molecule has 4 rings (SSSR count). The molecule has 27 heavy (non-hydrogen) atoms. The third-order valence-corrected chi connectivity index (χ3v) is 6.03. The molecule has 1 aromatic rings. The van der Waals surface area contributed by atoms with Gasteiger partial charge in [-0.1, -0.05) is 6.07 Å². The van der Waals surface area contributed by atoms with Crippen LogP contribution in [0.15, 0.2) is 18.2 Å². The zero-order valence-corrected chi connectivity index (χ0v) is 15.5. The van der Waals surface area contributed by atoms with Gasteiger partial charge in [-0.15, -0.1) is 0 Å². The molecular formula is C20H25N3O4. The first-order chi connectivity index (χ1) is 12.9. The van der Waals surface area contributed by atoms with Crippen molar-refractivity contribution in [2.45, 2.75) is 57.3 Å². The second-order valence-electron chi connectivity index (χ2n) is 7.84. The molecule has 144 valence electrons. The van der Waals surface area contributed by atoms with Crippen molar-refractivity contribution in [2.24, 2.45) is 5.92 Å². The number of hydrogen-bond donors (Lipinski definition) is 2. The number of carbonyl (C=O) groups is 3. The van der Waals surface area contributed by atoms with Gasteiger partial charge in [-0.3, -0.25) is 19.7 Å². The fourth-order valence-electron chi connectivity index (χ4n) is 4.45. The monoisotopic (exact) mass is 371 g/mol. The number of anilines is 2. The van der Waals surface area contributed by atoms with E-state index in [9.17, 15) is 19.5 Å². The Balaban J connectivity index is 1.55. The second kappa shape index (κ2) is 6.96. The molecule has 1 aliphatic carbocycles. The van der Waals surface area contributed by atoms with E-state index in [0.29, 0.717) is 31.0 Å². The Morgan fingerprint density at radius 1 is 1.07 bits per heavy atom. The first-order valence-electron chi connectivity index (χ1n) is 9.61. The van der Waals surface area contributed by atoms with E-state index in [0.717, 1.165) is 30.6 Å². The zero-order chi connectivity index (χ0) is 19.1. The summed E-state index contributed by atoms with van der Waals surface area (Å²) in [6, 6.07) is 5.51. The van der Waals surface area contributed by atoms with E-state index >= 15 is 0 Å². The summed E-state index contributed by atoms with van der Waals surface area (Å²) < 4.78 is 0. The Morgan fingerprint density at radius 3 is 2.52 bits per heavy atom. The highest BCUT2D eigenvalue weighted by Crippen LogP contribution is 2.41. The van der Waals surface area contributed by atoms with Crippen molar-refractivity contribution in [3.05, 3.63) is 23.8 Å². The summed E-state index contributed by atoms with van der Waals surface area (Å²) in [5.74, 6) is 0.258. The van der Waals surface area contributed by atoms with Crippen LogP contribution in [0.3, 0.4) is 0 Å². The summed E-state index contributed by atoms with van der Waals surface area (Å²) in [5, 5.41) is 13.1. The van der Waals surface area contributed by atoms with Gasteiger partial charge in [0.2, 0.25) is 18.2 Å². The van der Waals surface area contributed by atoms with Gasteiger partial charge < -0.3 is 14.9 Å². The van der Waals surface area contributed by atoms with Crippen molar-refractivity contribution in [1.29, 1.82) is 0 Å². The van der Waals surface area contributed by atoms with Crippen LogP contribution in [0, 0.1) is 5.92 Å². The molecule has 2 amide bonds. The largest absolute Gasteiger partial charge is 0.356 e. The van der Waals surface area contributed by atoms with Crippen molar-refractivity contribution in [3.63, 3.8) is 0 Å². The molecule has 0 radical (unpaired) electrons. The van der Waals surface area contributed by atoms with Gasteiger partial charge in [0.1, 0.15) is 11.8 Å². The molecule has 7 nitrogen and oxygen atoms in total. The first-order valence-corrected chi connectivity index (χ1v) is 9.61. The lowest BCUT2D eigenvalue weighted by atomic mass is 9.84. The predicted octanol–water partition coefficient (Wildman–Crippen LogP) is 1.33. The molecule has 3 aliphatic rings. The molecule has 2 N–H and O–H groups in total. The minimum Gasteiger partial charge on any atom is -0.356 e. The van der Waals surface area contributed by atoms with E-state index in [4.69, 9.17) is 0 Å². The number of carbonyl (C=O) groups excluding carboxylic acids is 3. The quantitative estimate of drug-likeness (QED) is 0.779. The summed E-state index contributed by atoms with van der Waals surface area (Å²) in [4.78, 5) is 38.6. The van der Waals surface area contributed by atoms with E-state index in [-0.39, 0.29) is 18.2 Å². The normalized spacial score (nSPS) is 26.4. The van der Waals surface area contributed by atoms with Gasteiger partial charge in [0.15, 0.2) is 0 Å². The number of amides is 2. The standard InChI is InChI=1S/C20H25N3O4/c1-22-17-11-13(10-12-2-5-14(24)6-3-12)4-7-15(17)23(20(22)27)16-8-9-18(25)21-19(16)26/h4,7,11-12,16,20,27H,2-3,5-6,8-10H2,1H3,(H,21,25,26). The van der Waals surface area contributed by atoms with Crippen molar-refractivity contribution in [3.8, 4) is 0 Å². The fourth-order valence-corrected chi connectivity index (χ4v) is 4.45. The smallest absolute Gasteiger partial charge is 0.249 e. The third-order valence-electron chi connectivity index (χ3n) is 6.03. The maximum Gasteiger partial charge on any atom is 0.249 e. The molecular weight excluding hydrogens is 346 g/mol. The number of nitrogens with one attached hydrogen (secondary N) is 1. The number of nitrogens with zero attached hydrogens (tertiary/aromatic N) is 2. The third kappa shape index (κ3) is 3.32. The fraction of sp³-hybridized carbons (Fsp3) is 0.550. The van der Waals surface area contributed by atoms with Crippen molar-refractivity contribution < 1.29 is 19.5 Å². The highest BCUT2D eigenvalue weighted by atomic mass is 16.3. The van der Waals surface area contributed by atoms with Crippen LogP contribution >= 0.6 is 0 Å². The van der Waals surface area contributed by atoms with Crippen molar-refractivity contribution in [2.75, 3.05) is 16.8 Å². The van der Waals surface area contributed by atoms with Gasteiger partial charge in [0, 0.05) is 26.3 Å². The molecule has 2 atom stereocenters. The average molecular weight is 371 g/mol. The molecule has 2 unspecified atom stereocenters. The predicted molar refractivity (Wildman–Crippen MR) is 100 cm³/mol. The summed E-state index contributed by atoms with van der Waals surface area (Å²) in [7, 11) is 1.80. The number of ketones is 1. The Labute approximate surface area is 158 Å². The number of fused-ring (bicyclic) bond motifs is 1. The van der Waals surface area contributed by atoms with Crippen molar-refractivity contribution >= 4 is 29.0 Å². The van der Waals surface area contributed by atoms with Crippen LogP contribution in [-0.4, -0.2) is 42.1 Å². The van der Waals surface area contributed by atoms with Gasteiger partial charge >= 0.3 is 0 Å². The van der Waals surface area contributed by atoms with Gasteiger partial charge in [-0.2, -0.15) is 0 Å². The number of piperidine rings is 1. The van der Waals surface area contributed by atoms with Gasteiger partial charge in [-0.05, 0) is 49.3 Å². The van der Waals surface area contributed by atoms with Crippen molar-refractivity contribution in [1.82, 2.24) is 5.32 Å². The summed E-state index contributed by atoms with van der Waals surface area (Å²) >= 11 is 0. The molecule has 0 spiro atoms. The number of hydrogen-bond acceptors (Lipinski definition) is 6. The first kappa shape index (κ1) is 18.0. The average Bonchev–Trinajstić information content (AvgIpc) is 2.88. The molecule has 1 saturated carbocycles. The van der Waals surface area contributed by atoms with Gasteiger partial charge in [0.05, 0.1) is 11.4 Å². The van der Waals surface area contributed by atoms with Crippen LogP contribution in [0.5, 0.6) is 0 Å². The lowest BCUT2D eigenvalue weighted by Crippen LogP contribution is -2.56. The molecule has 2 fully saturated rings. The lowest BCUT2D eigenvalue weighted by Gasteiger charge is -2.34. The van der Waals surface area contributed by atoms with Crippen LogP contribution in [0.4, 0.5) is 11.4 Å². The lowest BCUT2D eigenvalue weighted by molar-refractivity contribution is -0.134. The van der Waals surface area contributed by atoms with E-state index < -0.39 is 12.4 Å². The minimum absolute atomic E-state index is 0.264. The molecule has 1 saturated heterocycles. The van der Waals surface area contributed by atoms with Gasteiger partial charge in [-0.25, -0.2) is 0 Å². The Morgan fingerprint density at radius 2 is 1.81 bits per heavy atom. The highest BCUT2D eigenvalue weighted by molar-refractivity contribution is 6.02. The maximum absolute atomic E-state index is 12.3. The number of rotatable bonds is 3. The van der Waals surface area contributed by atoms with E-state index in [1.54, 1.807) is 16.8 Å². The second-order valence-corrected chi connectivity index (χ2v) is 7.84. The van der Waals surface area contributed by atoms with Gasteiger partial charge in [0.25, 0.3) is 0 Å². The molecule has 2 heterocycles. The number of Topliss-reactive ketones (excluding diaryl/α,β-unsaturated/α-hetero) is 1. The van der Waals surface area contributed by atoms with E-state index in [1.165, 1.54) is 5.56 Å². The van der Waals surface area contributed by atoms with Crippen LogP contribution in [0.2, 0.25) is 0 Å². The molecule has 7 heteroatoms.